The lowest BCUT2D eigenvalue weighted by Crippen LogP contribution is -2.10. The zero-order chi connectivity index (χ0) is 11.3. The largest absolute Gasteiger partial charge is 0.385 e. The van der Waals surface area contributed by atoms with E-state index in [4.69, 9.17) is 0 Å². The molecule has 1 aromatic rings. The molecule has 1 atom stereocenters. The van der Waals surface area contributed by atoms with Gasteiger partial charge in [-0.25, -0.2) is 4.39 Å². The molecular weight excluding hydrogens is 257 g/mol. The third kappa shape index (κ3) is 4.20. The van der Waals surface area contributed by atoms with Gasteiger partial charge in [-0.05, 0) is 46.5 Å². The minimum absolute atomic E-state index is 0.219. The highest BCUT2D eigenvalue weighted by molar-refractivity contribution is 9.10. The van der Waals surface area contributed by atoms with E-state index < -0.39 is 0 Å². The van der Waals surface area contributed by atoms with Crippen molar-refractivity contribution in [2.24, 2.45) is 5.92 Å². The predicted molar refractivity (Wildman–Crippen MR) is 66.7 cm³/mol. The van der Waals surface area contributed by atoms with Gasteiger partial charge in [0.05, 0.1) is 4.47 Å². The van der Waals surface area contributed by atoms with Crippen molar-refractivity contribution in [2.75, 3.05) is 11.9 Å². The van der Waals surface area contributed by atoms with E-state index in [1.54, 1.807) is 6.07 Å². The summed E-state index contributed by atoms with van der Waals surface area (Å²) in [5, 5.41) is 3.24. The fourth-order valence-corrected chi connectivity index (χ4v) is 1.74. The van der Waals surface area contributed by atoms with Crippen LogP contribution >= 0.6 is 15.9 Å². The smallest absolute Gasteiger partial charge is 0.139 e. The SMILES string of the molecule is CCCC(C)CNc1ccc(Br)c(F)c1. The second kappa shape index (κ2) is 6.11. The van der Waals surface area contributed by atoms with E-state index in [0.717, 1.165) is 12.2 Å². The Kier molecular flexibility index (Phi) is 5.09. The van der Waals surface area contributed by atoms with Crippen molar-refractivity contribution in [1.29, 1.82) is 0 Å². The molecule has 0 saturated heterocycles. The summed E-state index contributed by atoms with van der Waals surface area (Å²) >= 11 is 3.13. The lowest BCUT2D eigenvalue weighted by atomic mass is 10.1. The van der Waals surface area contributed by atoms with Gasteiger partial charge in [-0.1, -0.05) is 20.3 Å². The molecule has 0 aliphatic carbocycles. The average molecular weight is 274 g/mol. The van der Waals surface area contributed by atoms with Crippen LogP contribution < -0.4 is 5.32 Å². The molecule has 0 radical (unpaired) electrons. The number of rotatable bonds is 5. The van der Waals surface area contributed by atoms with Crippen LogP contribution in [0.25, 0.3) is 0 Å². The predicted octanol–water partition coefficient (Wildman–Crippen LogP) is 4.44. The van der Waals surface area contributed by atoms with Crippen LogP contribution in [0.3, 0.4) is 0 Å². The Morgan fingerprint density at radius 2 is 2.20 bits per heavy atom. The Bertz CT molecular complexity index is 314. The van der Waals surface area contributed by atoms with Gasteiger partial charge in [-0.2, -0.15) is 0 Å². The van der Waals surface area contributed by atoms with E-state index >= 15 is 0 Å². The first-order valence-corrected chi connectivity index (χ1v) is 6.11. The van der Waals surface area contributed by atoms with Crippen molar-refractivity contribution in [1.82, 2.24) is 0 Å². The van der Waals surface area contributed by atoms with Gasteiger partial charge in [0, 0.05) is 12.2 Å². The summed E-state index contributed by atoms with van der Waals surface area (Å²) < 4.78 is 13.7. The molecule has 0 aliphatic rings. The van der Waals surface area contributed by atoms with E-state index in [1.165, 1.54) is 18.9 Å². The molecule has 3 heteroatoms. The molecule has 1 nitrogen and oxygen atoms in total. The van der Waals surface area contributed by atoms with Crippen LogP contribution in [-0.2, 0) is 0 Å². The highest BCUT2D eigenvalue weighted by atomic mass is 79.9. The topological polar surface area (TPSA) is 12.0 Å². The number of nitrogens with one attached hydrogen (secondary N) is 1. The van der Waals surface area contributed by atoms with Crippen LogP contribution in [0, 0.1) is 11.7 Å². The first kappa shape index (κ1) is 12.5. The molecule has 0 saturated carbocycles. The number of hydrogen-bond acceptors (Lipinski definition) is 1. The summed E-state index contributed by atoms with van der Waals surface area (Å²) in [6.45, 7) is 5.27. The zero-order valence-corrected chi connectivity index (χ0v) is 10.8. The zero-order valence-electron chi connectivity index (χ0n) is 9.19. The van der Waals surface area contributed by atoms with Gasteiger partial charge < -0.3 is 5.32 Å². The average Bonchev–Trinajstić information content (AvgIpc) is 2.20. The summed E-state index contributed by atoms with van der Waals surface area (Å²) in [7, 11) is 0. The van der Waals surface area contributed by atoms with Crippen molar-refractivity contribution in [3.63, 3.8) is 0 Å². The minimum Gasteiger partial charge on any atom is -0.385 e. The Morgan fingerprint density at radius 1 is 1.47 bits per heavy atom. The van der Waals surface area contributed by atoms with Crippen molar-refractivity contribution >= 4 is 21.6 Å². The molecule has 15 heavy (non-hydrogen) atoms. The summed E-state index contributed by atoms with van der Waals surface area (Å²) in [6.07, 6.45) is 2.39. The van der Waals surface area contributed by atoms with Crippen molar-refractivity contribution in [3.8, 4) is 0 Å². The summed E-state index contributed by atoms with van der Waals surface area (Å²) in [5.74, 6) is 0.407. The van der Waals surface area contributed by atoms with Gasteiger partial charge in [0.2, 0.25) is 0 Å². The van der Waals surface area contributed by atoms with Gasteiger partial charge in [0.25, 0.3) is 0 Å². The molecule has 0 bridgehead atoms. The van der Waals surface area contributed by atoms with Gasteiger partial charge in [0.1, 0.15) is 5.82 Å². The minimum atomic E-state index is -0.219. The third-order valence-corrected chi connectivity index (χ3v) is 3.00. The maximum atomic E-state index is 13.2. The van der Waals surface area contributed by atoms with Crippen LogP contribution in [-0.4, -0.2) is 6.54 Å². The first-order valence-electron chi connectivity index (χ1n) is 5.32. The summed E-state index contributed by atoms with van der Waals surface area (Å²) in [5.41, 5.74) is 0.846. The Balaban J connectivity index is 2.47. The van der Waals surface area contributed by atoms with E-state index in [-0.39, 0.29) is 5.82 Å². The van der Waals surface area contributed by atoms with Crippen molar-refractivity contribution < 1.29 is 4.39 Å². The van der Waals surface area contributed by atoms with E-state index in [2.05, 4.69) is 35.1 Å². The molecule has 0 heterocycles. The maximum Gasteiger partial charge on any atom is 0.139 e. The number of halogens is 2. The molecule has 0 aromatic heterocycles. The summed E-state index contributed by atoms with van der Waals surface area (Å²) in [4.78, 5) is 0. The Hall–Kier alpha value is -0.570. The lowest BCUT2D eigenvalue weighted by molar-refractivity contribution is 0.550. The quantitative estimate of drug-likeness (QED) is 0.837. The van der Waals surface area contributed by atoms with Crippen molar-refractivity contribution in [3.05, 3.63) is 28.5 Å². The fraction of sp³-hybridized carbons (Fsp3) is 0.500. The molecule has 0 fully saturated rings. The number of anilines is 1. The van der Waals surface area contributed by atoms with E-state index in [0.29, 0.717) is 10.4 Å². The van der Waals surface area contributed by atoms with Crippen LogP contribution in [0.5, 0.6) is 0 Å². The molecular formula is C12H17BrFN. The van der Waals surface area contributed by atoms with Crippen LogP contribution in [0.1, 0.15) is 26.7 Å². The first-order chi connectivity index (χ1) is 7.13. The molecule has 1 unspecified atom stereocenters. The van der Waals surface area contributed by atoms with Crippen LogP contribution in [0.15, 0.2) is 22.7 Å². The van der Waals surface area contributed by atoms with E-state index in [1.807, 2.05) is 6.07 Å². The van der Waals surface area contributed by atoms with E-state index in [9.17, 15) is 4.39 Å². The molecule has 0 amide bonds. The highest BCUT2D eigenvalue weighted by Crippen LogP contribution is 2.19. The van der Waals surface area contributed by atoms with Crippen molar-refractivity contribution in [2.45, 2.75) is 26.7 Å². The van der Waals surface area contributed by atoms with Gasteiger partial charge in [-0.15, -0.1) is 0 Å². The van der Waals surface area contributed by atoms with Crippen LogP contribution in [0.4, 0.5) is 10.1 Å². The molecule has 0 spiro atoms. The molecule has 1 aromatic carbocycles. The summed E-state index contributed by atoms with van der Waals surface area (Å²) in [6, 6.07) is 5.12. The molecule has 1 rings (SSSR count). The van der Waals surface area contributed by atoms with Crippen LogP contribution in [0.2, 0.25) is 0 Å². The standard InChI is InChI=1S/C12H17BrFN/c1-3-4-9(2)8-15-10-5-6-11(13)12(14)7-10/h5-7,9,15H,3-4,8H2,1-2H3. The Labute approximate surface area is 99.2 Å². The van der Waals surface area contributed by atoms with Gasteiger partial charge >= 0.3 is 0 Å². The highest BCUT2D eigenvalue weighted by Gasteiger charge is 2.02. The third-order valence-electron chi connectivity index (χ3n) is 2.36. The molecule has 84 valence electrons. The number of hydrogen-bond donors (Lipinski definition) is 1. The maximum absolute atomic E-state index is 13.2. The van der Waals surface area contributed by atoms with Gasteiger partial charge in [-0.3, -0.25) is 0 Å². The fourth-order valence-electron chi connectivity index (χ4n) is 1.49. The van der Waals surface area contributed by atoms with Gasteiger partial charge in [0.15, 0.2) is 0 Å². The second-order valence-corrected chi connectivity index (χ2v) is 4.76. The number of benzene rings is 1. The Morgan fingerprint density at radius 3 is 2.80 bits per heavy atom. The molecule has 0 aliphatic heterocycles. The molecule has 1 N–H and O–H groups in total. The lowest BCUT2D eigenvalue weighted by Gasteiger charge is -2.12. The monoisotopic (exact) mass is 273 g/mol. The normalized spacial score (nSPS) is 12.5. The second-order valence-electron chi connectivity index (χ2n) is 3.90.